The van der Waals surface area contributed by atoms with Crippen molar-refractivity contribution in [2.75, 3.05) is 11.1 Å². The smallest absolute Gasteiger partial charge is 0.325 e. The first-order valence-electron chi connectivity index (χ1n) is 10.8. The molecule has 0 bridgehead atoms. The molecule has 2 heterocycles. The monoisotopic (exact) mass is 453 g/mol. The first kappa shape index (κ1) is 21.3. The first-order chi connectivity index (χ1) is 16.3. The molecule has 4 aromatic rings. The number of para-hydroxylation sites is 1. The van der Waals surface area contributed by atoms with Crippen LogP contribution in [0.3, 0.4) is 0 Å². The average Bonchev–Trinajstić information content (AvgIpc) is 3.03. The molecule has 4 N–H and O–H groups in total. The highest BCUT2D eigenvalue weighted by atomic mass is 16.2. The molecule has 0 spiro atoms. The van der Waals surface area contributed by atoms with Gasteiger partial charge < -0.3 is 16.4 Å². The van der Waals surface area contributed by atoms with Gasteiger partial charge in [0.1, 0.15) is 5.54 Å². The number of rotatable bonds is 5. The normalized spacial score (nSPS) is 17.8. The number of amides is 3. The first-order valence-corrected chi connectivity index (χ1v) is 10.8. The van der Waals surface area contributed by atoms with E-state index in [0.717, 1.165) is 32.5 Å². The number of anilines is 3. The number of aryl methyl sites for hydroxylation is 1. The predicted molar refractivity (Wildman–Crippen MR) is 129 cm³/mol. The SMILES string of the molecule is Cc1ccccc1Nc1nc(N)nc(CN2C(=O)N[C@@](C)(c3cccc4ccccc34)C2=O)n1. The molecule has 170 valence electrons. The van der Waals surface area contributed by atoms with Gasteiger partial charge in [0.25, 0.3) is 5.91 Å². The minimum absolute atomic E-state index is 0.00930. The van der Waals surface area contributed by atoms with Crippen molar-refractivity contribution in [2.45, 2.75) is 25.9 Å². The molecule has 0 unspecified atom stereocenters. The van der Waals surface area contributed by atoms with E-state index in [4.69, 9.17) is 5.73 Å². The lowest BCUT2D eigenvalue weighted by Crippen LogP contribution is -2.41. The minimum Gasteiger partial charge on any atom is -0.368 e. The number of hydrogen-bond donors (Lipinski definition) is 3. The lowest BCUT2D eigenvalue weighted by atomic mass is 9.88. The molecule has 9 nitrogen and oxygen atoms in total. The summed E-state index contributed by atoms with van der Waals surface area (Å²) in [6, 6.07) is 20.6. The third-order valence-electron chi connectivity index (χ3n) is 5.99. The van der Waals surface area contributed by atoms with Crippen LogP contribution in [-0.4, -0.2) is 31.8 Å². The van der Waals surface area contributed by atoms with Crippen LogP contribution in [0.25, 0.3) is 10.8 Å². The van der Waals surface area contributed by atoms with Crippen LogP contribution in [0.5, 0.6) is 0 Å². The summed E-state index contributed by atoms with van der Waals surface area (Å²) in [5.41, 5.74) is 7.22. The topological polar surface area (TPSA) is 126 Å². The fourth-order valence-electron chi connectivity index (χ4n) is 4.22. The van der Waals surface area contributed by atoms with Crippen molar-refractivity contribution in [1.82, 2.24) is 25.2 Å². The summed E-state index contributed by atoms with van der Waals surface area (Å²) in [4.78, 5) is 40.2. The second kappa shape index (κ2) is 8.11. The van der Waals surface area contributed by atoms with Gasteiger partial charge in [-0.25, -0.2) is 4.79 Å². The van der Waals surface area contributed by atoms with Crippen molar-refractivity contribution in [2.24, 2.45) is 0 Å². The highest BCUT2D eigenvalue weighted by Crippen LogP contribution is 2.34. The van der Waals surface area contributed by atoms with E-state index in [-0.39, 0.29) is 30.2 Å². The molecule has 1 saturated heterocycles. The van der Waals surface area contributed by atoms with Crippen LogP contribution in [0.15, 0.2) is 66.7 Å². The predicted octanol–water partition coefficient (Wildman–Crippen LogP) is 3.63. The molecule has 1 aromatic heterocycles. The average molecular weight is 454 g/mol. The summed E-state index contributed by atoms with van der Waals surface area (Å²) in [6.07, 6.45) is 0. The number of hydrogen-bond acceptors (Lipinski definition) is 7. The Balaban J connectivity index is 1.44. The number of nitrogens with one attached hydrogen (secondary N) is 2. The van der Waals surface area contributed by atoms with Crippen LogP contribution < -0.4 is 16.4 Å². The number of carbonyl (C=O) groups excluding carboxylic acids is 2. The number of nitrogens with two attached hydrogens (primary N) is 1. The Bertz CT molecular complexity index is 1430. The highest BCUT2D eigenvalue weighted by Gasteiger charge is 2.49. The van der Waals surface area contributed by atoms with Crippen LogP contribution in [0.4, 0.5) is 22.4 Å². The van der Waals surface area contributed by atoms with Gasteiger partial charge in [-0.1, -0.05) is 60.7 Å². The van der Waals surface area contributed by atoms with Crippen molar-refractivity contribution >= 4 is 40.3 Å². The molecule has 1 aliphatic heterocycles. The number of imide groups is 1. The van der Waals surface area contributed by atoms with Gasteiger partial charge in [0.2, 0.25) is 11.9 Å². The van der Waals surface area contributed by atoms with Crippen LogP contribution in [0.2, 0.25) is 0 Å². The van der Waals surface area contributed by atoms with E-state index >= 15 is 0 Å². The van der Waals surface area contributed by atoms with Crippen LogP contribution >= 0.6 is 0 Å². The van der Waals surface area contributed by atoms with Gasteiger partial charge in [-0.3, -0.25) is 9.69 Å². The number of fused-ring (bicyclic) bond motifs is 1. The summed E-state index contributed by atoms with van der Waals surface area (Å²) < 4.78 is 0. The van der Waals surface area contributed by atoms with E-state index in [1.54, 1.807) is 6.92 Å². The van der Waals surface area contributed by atoms with Crippen LogP contribution in [-0.2, 0) is 16.9 Å². The molecule has 9 heteroatoms. The molecule has 0 saturated carbocycles. The summed E-state index contributed by atoms with van der Waals surface area (Å²) >= 11 is 0. The number of benzene rings is 3. The van der Waals surface area contributed by atoms with Gasteiger partial charge in [0.15, 0.2) is 5.82 Å². The third-order valence-corrected chi connectivity index (χ3v) is 5.99. The Hall–Kier alpha value is -4.53. The Kier molecular flexibility index (Phi) is 5.09. The summed E-state index contributed by atoms with van der Waals surface area (Å²) in [5.74, 6) is 0.0427. The molecular formula is C25H23N7O2. The zero-order chi connectivity index (χ0) is 23.9. The largest absolute Gasteiger partial charge is 0.368 e. The maximum absolute atomic E-state index is 13.5. The van der Waals surface area contributed by atoms with Crippen molar-refractivity contribution in [3.63, 3.8) is 0 Å². The van der Waals surface area contributed by atoms with E-state index < -0.39 is 11.6 Å². The van der Waals surface area contributed by atoms with Gasteiger partial charge >= 0.3 is 6.03 Å². The molecule has 34 heavy (non-hydrogen) atoms. The number of nitrogens with zero attached hydrogens (tertiary/aromatic N) is 4. The third kappa shape index (κ3) is 3.66. The number of aromatic nitrogens is 3. The fourth-order valence-corrected chi connectivity index (χ4v) is 4.22. The molecular weight excluding hydrogens is 430 g/mol. The zero-order valence-electron chi connectivity index (χ0n) is 18.7. The van der Waals surface area contributed by atoms with Crippen LogP contribution in [0.1, 0.15) is 23.9 Å². The quantitative estimate of drug-likeness (QED) is 0.394. The molecule has 1 atom stereocenters. The second-order valence-electron chi connectivity index (χ2n) is 8.35. The lowest BCUT2D eigenvalue weighted by molar-refractivity contribution is -0.131. The molecule has 1 fully saturated rings. The summed E-state index contributed by atoms with van der Waals surface area (Å²) in [7, 11) is 0. The molecule has 0 aliphatic carbocycles. The molecule has 3 aromatic carbocycles. The molecule has 5 rings (SSSR count). The van der Waals surface area contributed by atoms with Crippen molar-refractivity contribution in [3.8, 4) is 0 Å². The maximum Gasteiger partial charge on any atom is 0.325 e. The Labute approximate surface area is 196 Å². The Morgan fingerprint density at radius 3 is 2.53 bits per heavy atom. The summed E-state index contributed by atoms with van der Waals surface area (Å²) in [5, 5.41) is 7.86. The highest BCUT2D eigenvalue weighted by molar-refractivity contribution is 6.09. The summed E-state index contributed by atoms with van der Waals surface area (Å²) in [6.45, 7) is 3.53. The minimum atomic E-state index is -1.22. The van der Waals surface area contributed by atoms with E-state index in [0.29, 0.717) is 0 Å². The molecule has 0 radical (unpaired) electrons. The second-order valence-corrected chi connectivity index (χ2v) is 8.35. The van der Waals surface area contributed by atoms with Gasteiger partial charge in [0.05, 0.1) is 6.54 Å². The fraction of sp³-hybridized carbons (Fsp3) is 0.160. The van der Waals surface area contributed by atoms with Crippen molar-refractivity contribution in [1.29, 1.82) is 0 Å². The van der Waals surface area contributed by atoms with Gasteiger partial charge in [-0.2, -0.15) is 15.0 Å². The molecule has 1 aliphatic rings. The van der Waals surface area contributed by atoms with E-state index in [1.807, 2.05) is 73.7 Å². The van der Waals surface area contributed by atoms with Crippen molar-refractivity contribution in [3.05, 3.63) is 83.7 Å². The standard InChI is InChI=1S/C25H23N7O2/c1-15-8-3-6-13-19(15)27-23-29-20(28-22(26)30-23)14-32-21(33)25(2,31-24(32)34)18-12-7-10-16-9-4-5-11-17(16)18/h3-13H,14H2,1-2H3,(H,31,34)(H3,26,27,28,29,30)/t25-/m0/s1. The number of nitrogen functional groups attached to an aromatic ring is 1. The van der Waals surface area contributed by atoms with Gasteiger partial charge in [-0.15, -0.1) is 0 Å². The van der Waals surface area contributed by atoms with E-state index in [2.05, 4.69) is 25.6 Å². The Morgan fingerprint density at radius 1 is 0.971 bits per heavy atom. The van der Waals surface area contributed by atoms with Crippen molar-refractivity contribution < 1.29 is 9.59 Å². The number of carbonyl (C=O) groups is 2. The maximum atomic E-state index is 13.5. The van der Waals surface area contributed by atoms with Crippen LogP contribution in [0, 0.1) is 6.92 Å². The molecule has 3 amide bonds. The number of urea groups is 1. The van der Waals surface area contributed by atoms with E-state index in [9.17, 15) is 9.59 Å². The Morgan fingerprint density at radius 2 is 1.71 bits per heavy atom. The lowest BCUT2D eigenvalue weighted by Gasteiger charge is -2.24. The van der Waals surface area contributed by atoms with Gasteiger partial charge in [-0.05, 0) is 41.8 Å². The van der Waals surface area contributed by atoms with Gasteiger partial charge in [0, 0.05) is 5.69 Å². The zero-order valence-corrected chi connectivity index (χ0v) is 18.7. The van der Waals surface area contributed by atoms with E-state index in [1.165, 1.54) is 0 Å².